The van der Waals surface area contributed by atoms with Crippen LogP contribution in [0.5, 0.6) is 0 Å². The van der Waals surface area contributed by atoms with Gasteiger partial charge in [0, 0.05) is 16.3 Å². The number of carboxylic acids is 1. The average molecular weight is 386 g/mol. The molecule has 1 aromatic heterocycles. The van der Waals surface area contributed by atoms with E-state index in [9.17, 15) is 9.90 Å². The minimum atomic E-state index is -0.706. The summed E-state index contributed by atoms with van der Waals surface area (Å²) in [4.78, 5) is 13.9. The van der Waals surface area contributed by atoms with E-state index in [0.29, 0.717) is 6.54 Å². The standard InChI is InChI=1S/C21H20ClNO2S/c22-18-9-3-1-8-16(18)20(23-11-5-6-14(12-23)21(24)25)17-13-26-19-10-4-2-7-15(17)19/h1-4,7-10,13-14,20H,5-6,11-12H2,(H,24,25). The van der Waals surface area contributed by atoms with Crippen LogP contribution in [0, 0.1) is 5.92 Å². The van der Waals surface area contributed by atoms with E-state index in [1.807, 2.05) is 18.2 Å². The molecular formula is C21H20ClNO2S. The van der Waals surface area contributed by atoms with Crippen LogP contribution in [0.3, 0.4) is 0 Å². The summed E-state index contributed by atoms with van der Waals surface area (Å²) in [6.07, 6.45) is 1.63. The maximum Gasteiger partial charge on any atom is 0.307 e. The molecule has 0 bridgehead atoms. The zero-order valence-electron chi connectivity index (χ0n) is 14.3. The molecule has 0 aliphatic carbocycles. The van der Waals surface area contributed by atoms with Gasteiger partial charge in [-0.1, -0.05) is 48.0 Å². The normalized spacial score (nSPS) is 19.5. The number of fused-ring (bicyclic) bond motifs is 1. The highest BCUT2D eigenvalue weighted by Crippen LogP contribution is 2.41. The van der Waals surface area contributed by atoms with Crippen LogP contribution in [0.15, 0.2) is 53.9 Å². The zero-order chi connectivity index (χ0) is 18.1. The van der Waals surface area contributed by atoms with Gasteiger partial charge in [0.25, 0.3) is 0 Å². The van der Waals surface area contributed by atoms with Crippen molar-refractivity contribution in [2.45, 2.75) is 18.9 Å². The van der Waals surface area contributed by atoms with Crippen molar-refractivity contribution in [1.82, 2.24) is 4.90 Å². The van der Waals surface area contributed by atoms with Gasteiger partial charge in [-0.15, -0.1) is 11.3 Å². The van der Waals surface area contributed by atoms with E-state index >= 15 is 0 Å². The topological polar surface area (TPSA) is 40.5 Å². The van der Waals surface area contributed by atoms with Crippen molar-refractivity contribution in [2.75, 3.05) is 13.1 Å². The van der Waals surface area contributed by atoms with Gasteiger partial charge in [-0.05, 0) is 53.4 Å². The Balaban J connectivity index is 1.82. The number of piperidine rings is 1. The summed E-state index contributed by atoms with van der Waals surface area (Å²) in [5.41, 5.74) is 2.26. The van der Waals surface area contributed by atoms with Gasteiger partial charge in [-0.2, -0.15) is 0 Å². The second-order valence-electron chi connectivity index (χ2n) is 6.78. The van der Waals surface area contributed by atoms with Crippen LogP contribution in [-0.2, 0) is 4.79 Å². The Morgan fingerprint density at radius 2 is 1.92 bits per heavy atom. The van der Waals surface area contributed by atoms with Gasteiger partial charge in [0.15, 0.2) is 0 Å². The Bertz CT molecular complexity index is 938. The highest BCUT2D eigenvalue weighted by atomic mass is 35.5. The van der Waals surface area contributed by atoms with E-state index in [-0.39, 0.29) is 12.0 Å². The van der Waals surface area contributed by atoms with Crippen LogP contribution in [-0.4, -0.2) is 29.1 Å². The van der Waals surface area contributed by atoms with Crippen LogP contribution in [0.25, 0.3) is 10.1 Å². The maximum atomic E-state index is 11.6. The number of halogens is 1. The Morgan fingerprint density at radius 1 is 1.15 bits per heavy atom. The summed E-state index contributed by atoms with van der Waals surface area (Å²) in [7, 11) is 0. The molecule has 134 valence electrons. The first-order valence-corrected chi connectivity index (χ1v) is 10.1. The highest BCUT2D eigenvalue weighted by molar-refractivity contribution is 7.17. The lowest BCUT2D eigenvalue weighted by Gasteiger charge is -2.37. The monoisotopic (exact) mass is 385 g/mol. The molecule has 1 aliphatic rings. The molecule has 4 rings (SSSR count). The molecule has 0 saturated carbocycles. The van der Waals surface area contributed by atoms with E-state index in [0.717, 1.165) is 30.0 Å². The molecule has 2 heterocycles. The van der Waals surface area contributed by atoms with E-state index in [1.165, 1.54) is 15.6 Å². The molecule has 1 saturated heterocycles. The number of hydrogen-bond donors (Lipinski definition) is 1. The number of thiophene rings is 1. The summed E-state index contributed by atoms with van der Waals surface area (Å²) < 4.78 is 1.24. The van der Waals surface area contributed by atoms with Crippen molar-refractivity contribution in [3.63, 3.8) is 0 Å². The lowest BCUT2D eigenvalue weighted by atomic mass is 9.91. The molecule has 1 aliphatic heterocycles. The van der Waals surface area contributed by atoms with Crippen molar-refractivity contribution >= 4 is 39.0 Å². The predicted octanol–water partition coefficient (Wildman–Crippen LogP) is 5.44. The number of nitrogens with zero attached hydrogens (tertiary/aromatic N) is 1. The summed E-state index contributed by atoms with van der Waals surface area (Å²) in [6, 6.07) is 16.3. The molecule has 0 spiro atoms. The molecule has 5 heteroatoms. The molecule has 3 nitrogen and oxygen atoms in total. The molecular weight excluding hydrogens is 366 g/mol. The van der Waals surface area contributed by atoms with Gasteiger partial charge in [-0.3, -0.25) is 9.69 Å². The SMILES string of the molecule is O=C(O)C1CCCN(C(c2ccccc2Cl)c2csc3ccccc23)C1. The lowest BCUT2D eigenvalue weighted by molar-refractivity contribution is -0.143. The zero-order valence-corrected chi connectivity index (χ0v) is 15.8. The number of aliphatic carboxylic acids is 1. The number of rotatable bonds is 4. The Kier molecular flexibility index (Phi) is 4.98. The second-order valence-corrected chi connectivity index (χ2v) is 8.10. The molecule has 2 atom stereocenters. The van der Waals surface area contributed by atoms with E-state index in [1.54, 1.807) is 11.3 Å². The molecule has 2 aromatic carbocycles. The molecule has 0 radical (unpaired) electrons. The third-order valence-corrected chi connectivity index (χ3v) is 6.50. The summed E-state index contributed by atoms with van der Waals surface area (Å²) >= 11 is 8.29. The molecule has 0 amide bonds. The second kappa shape index (κ2) is 7.39. The van der Waals surface area contributed by atoms with Gasteiger partial charge >= 0.3 is 5.97 Å². The quantitative estimate of drug-likeness (QED) is 0.650. The Labute approximate surface area is 161 Å². The van der Waals surface area contributed by atoms with E-state index < -0.39 is 5.97 Å². The van der Waals surface area contributed by atoms with Crippen molar-refractivity contribution < 1.29 is 9.90 Å². The first-order valence-electron chi connectivity index (χ1n) is 8.82. The largest absolute Gasteiger partial charge is 0.481 e. The van der Waals surface area contributed by atoms with Gasteiger partial charge < -0.3 is 5.11 Å². The van der Waals surface area contributed by atoms with Crippen molar-refractivity contribution in [3.05, 3.63) is 70.1 Å². The van der Waals surface area contributed by atoms with Crippen LogP contribution in [0.1, 0.15) is 30.0 Å². The Hall–Kier alpha value is -1.88. The fourth-order valence-corrected chi connectivity index (χ4v) is 5.13. The third kappa shape index (κ3) is 3.25. The van der Waals surface area contributed by atoms with Gasteiger partial charge in [-0.25, -0.2) is 0 Å². The van der Waals surface area contributed by atoms with Crippen LogP contribution in [0.2, 0.25) is 5.02 Å². The fourth-order valence-electron chi connectivity index (χ4n) is 3.91. The lowest BCUT2D eigenvalue weighted by Crippen LogP contribution is -2.41. The first-order chi connectivity index (χ1) is 12.6. The van der Waals surface area contributed by atoms with Gasteiger partial charge in [0.2, 0.25) is 0 Å². The smallest absolute Gasteiger partial charge is 0.307 e. The molecule has 2 unspecified atom stereocenters. The summed E-state index contributed by atoms with van der Waals surface area (Å²) in [6.45, 7) is 1.43. The van der Waals surface area contributed by atoms with Crippen LogP contribution < -0.4 is 0 Å². The van der Waals surface area contributed by atoms with Crippen molar-refractivity contribution in [2.24, 2.45) is 5.92 Å². The average Bonchev–Trinajstić information content (AvgIpc) is 3.08. The number of carboxylic acid groups (broad SMARTS) is 1. The first kappa shape index (κ1) is 17.5. The minimum Gasteiger partial charge on any atom is -0.481 e. The highest BCUT2D eigenvalue weighted by Gasteiger charge is 2.33. The van der Waals surface area contributed by atoms with E-state index in [2.05, 4.69) is 40.6 Å². The molecule has 1 fully saturated rings. The third-order valence-electron chi connectivity index (χ3n) is 5.17. The number of benzene rings is 2. The Morgan fingerprint density at radius 3 is 2.73 bits per heavy atom. The van der Waals surface area contributed by atoms with E-state index in [4.69, 9.17) is 11.6 Å². The number of carbonyl (C=O) groups is 1. The number of hydrogen-bond acceptors (Lipinski definition) is 3. The van der Waals surface area contributed by atoms with Crippen LogP contribution >= 0.6 is 22.9 Å². The fraction of sp³-hybridized carbons (Fsp3) is 0.286. The van der Waals surface area contributed by atoms with Gasteiger partial charge in [0.1, 0.15) is 0 Å². The number of likely N-dealkylation sites (tertiary alicyclic amines) is 1. The summed E-state index contributed by atoms with van der Waals surface area (Å²) in [5, 5.41) is 13.7. The van der Waals surface area contributed by atoms with Gasteiger partial charge in [0.05, 0.1) is 12.0 Å². The summed E-state index contributed by atoms with van der Waals surface area (Å²) in [5.74, 6) is -1.03. The van der Waals surface area contributed by atoms with Crippen LogP contribution in [0.4, 0.5) is 0 Å². The van der Waals surface area contributed by atoms with Crippen molar-refractivity contribution in [1.29, 1.82) is 0 Å². The van der Waals surface area contributed by atoms with Crippen molar-refractivity contribution in [3.8, 4) is 0 Å². The molecule has 1 N–H and O–H groups in total. The maximum absolute atomic E-state index is 11.6. The molecule has 26 heavy (non-hydrogen) atoms. The molecule has 3 aromatic rings. The minimum absolute atomic E-state index is 0.0259. The predicted molar refractivity (Wildman–Crippen MR) is 107 cm³/mol.